The summed E-state index contributed by atoms with van der Waals surface area (Å²) in [7, 11) is 2.03. The van der Waals surface area contributed by atoms with Crippen LogP contribution >= 0.6 is 0 Å². The number of carbonyl (C=O) groups is 2. The number of nitrogens with one attached hydrogen (secondary N) is 2. The summed E-state index contributed by atoms with van der Waals surface area (Å²) < 4.78 is 51.5. The van der Waals surface area contributed by atoms with Crippen LogP contribution in [-0.4, -0.2) is 83.4 Å². The monoisotopic (exact) mass is 685 g/mol. The Kier molecular flexibility index (Phi) is 13.4. The first-order chi connectivity index (χ1) is 23.3. The minimum atomic E-state index is -4.49. The topological polar surface area (TPSA) is 116 Å². The number of benzene rings is 2. The van der Waals surface area contributed by atoms with E-state index in [1.165, 1.54) is 6.07 Å². The molecule has 4 atom stereocenters. The van der Waals surface area contributed by atoms with E-state index in [1.54, 1.807) is 36.4 Å². The summed E-state index contributed by atoms with van der Waals surface area (Å²) in [6.45, 7) is 7.63. The van der Waals surface area contributed by atoms with Gasteiger partial charge in [-0.3, -0.25) is 14.7 Å². The predicted octanol–water partition coefficient (Wildman–Crippen LogP) is 6.67. The fourth-order valence-corrected chi connectivity index (χ4v) is 5.67. The highest BCUT2D eigenvalue weighted by molar-refractivity contribution is 6.02. The van der Waals surface area contributed by atoms with Gasteiger partial charge in [0.1, 0.15) is 5.75 Å². The molecule has 0 saturated carbocycles. The molecule has 3 aromatic rings. The number of fused-ring (bicyclic) bond motifs is 1. The van der Waals surface area contributed by atoms with Crippen LogP contribution in [0.5, 0.6) is 5.75 Å². The summed E-state index contributed by atoms with van der Waals surface area (Å²) >= 11 is 0. The molecular formula is C36H46F3N5O5. The zero-order valence-corrected chi connectivity index (χ0v) is 28.4. The van der Waals surface area contributed by atoms with E-state index in [9.17, 15) is 27.9 Å². The van der Waals surface area contributed by atoms with Crippen LogP contribution in [0.1, 0.15) is 61.5 Å². The van der Waals surface area contributed by atoms with Gasteiger partial charge in [-0.25, -0.2) is 4.79 Å². The third-order valence-electron chi connectivity index (χ3n) is 8.47. The van der Waals surface area contributed by atoms with E-state index < -0.39 is 23.8 Å². The van der Waals surface area contributed by atoms with E-state index >= 15 is 0 Å². The SMILES string of the molecule is C[C@@H]1CCCCO[C@@H](CN(C)Cc2ccncc2)[C@@H](C)CN([C@@H](C)CO)C(=O)c2cc(NC(=O)Nc3ccc(C(F)(F)F)cc3)ccc2O1. The minimum absolute atomic E-state index is 0.111. The average molecular weight is 686 g/mol. The highest BCUT2D eigenvalue weighted by Gasteiger charge is 2.31. The quantitative estimate of drug-likeness (QED) is 0.243. The smallest absolute Gasteiger partial charge is 0.416 e. The lowest BCUT2D eigenvalue weighted by atomic mass is 10.0. The molecule has 0 saturated heterocycles. The molecule has 4 rings (SSSR count). The number of amides is 3. The number of likely N-dealkylation sites (N-methyl/N-ethyl adjacent to an activating group) is 1. The Bertz CT molecular complexity index is 1510. The zero-order chi connectivity index (χ0) is 35.6. The Morgan fingerprint density at radius 2 is 1.73 bits per heavy atom. The van der Waals surface area contributed by atoms with Crippen LogP contribution in [0.3, 0.4) is 0 Å². The number of alkyl halides is 3. The molecule has 0 unspecified atom stereocenters. The van der Waals surface area contributed by atoms with Crippen molar-refractivity contribution in [3.8, 4) is 5.75 Å². The fraction of sp³-hybridized carbons (Fsp3) is 0.472. The van der Waals surface area contributed by atoms with Gasteiger partial charge in [-0.15, -0.1) is 0 Å². The Balaban J connectivity index is 1.57. The van der Waals surface area contributed by atoms with Gasteiger partial charge in [-0.2, -0.15) is 13.2 Å². The van der Waals surface area contributed by atoms with Crippen molar-refractivity contribution in [2.75, 3.05) is 44.0 Å². The summed E-state index contributed by atoms with van der Waals surface area (Å²) in [6, 6.07) is 11.5. The third-order valence-corrected chi connectivity index (χ3v) is 8.47. The van der Waals surface area contributed by atoms with E-state index in [2.05, 4.69) is 20.5 Å². The standard InChI is InChI=1S/C36H46F3N5O5/c1-24-20-44(25(2)23-45)34(46)31-19-30(42-35(47)41-29-10-8-28(9-11-29)36(37,38)39)12-13-32(31)49-26(3)7-5-6-18-48-33(24)22-43(4)21-27-14-16-40-17-15-27/h8-17,19,24-26,33,45H,5-7,18,20-23H2,1-4H3,(H2,41,42,47)/t24-,25-,26+,33-/m0/s1. The van der Waals surface area contributed by atoms with Crippen molar-refractivity contribution >= 4 is 23.3 Å². The van der Waals surface area contributed by atoms with Gasteiger partial charge in [0.05, 0.1) is 36.0 Å². The van der Waals surface area contributed by atoms with Crippen LogP contribution in [0.15, 0.2) is 67.0 Å². The van der Waals surface area contributed by atoms with E-state index in [0.29, 0.717) is 25.4 Å². The maximum atomic E-state index is 14.3. The highest BCUT2D eigenvalue weighted by Crippen LogP contribution is 2.31. The first kappa shape index (κ1) is 37.6. The molecule has 3 amide bonds. The molecule has 0 aliphatic carbocycles. The molecule has 1 aliphatic rings. The van der Waals surface area contributed by atoms with Crippen molar-refractivity contribution in [3.05, 3.63) is 83.7 Å². The van der Waals surface area contributed by atoms with E-state index in [0.717, 1.165) is 49.1 Å². The average Bonchev–Trinajstić information content (AvgIpc) is 3.06. The van der Waals surface area contributed by atoms with Crippen LogP contribution in [0, 0.1) is 5.92 Å². The van der Waals surface area contributed by atoms with Gasteiger partial charge < -0.3 is 30.1 Å². The van der Waals surface area contributed by atoms with Crippen LogP contribution in [-0.2, 0) is 17.5 Å². The molecule has 0 bridgehead atoms. The number of urea groups is 1. The second-order valence-corrected chi connectivity index (χ2v) is 12.7. The number of anilines is 2. The molecule has 13 heteroatoms. The minimum Gasteiger partial charge on any atom is -0.490 e. The Morgan fingerprint density at radius 3 is 2.41 bits per heavy atom. The summed E-state index contributed by atoms with van der Waals surface area (Å²) in [4.78, 5) is 35.0. The molecule has 0 radical (unpaired) electrons. The maximum absolute atomic E-state index is 14.3. The number of rotatable bonds is 8. The lowest BCUT2D eigenvalue weighted by Gasteiger charge is -2.36. The maximum Gasteiger partial charge on any atom is 0.416 e. The fourth-order valence-electron chi connectivity index (χ4n) is 5.67. The van der Waals surface area contributed by atoms with Crippen molar-refractivity contribution < 1.29 is 37.3 Å². The zero-order valence-electron chi connectivity index (χ0n) is 28.4. The summed E-state index contributed by atoms with van der Waals surface area (Å²) in [5, 5.41) is 15.4. The van der Waals surface area contributed by atoms with Gasteiger partial charge in [0.2, 0.25) is 0 Å². The molecule has 3 N–H and O–H groups in total. The van der Waals surface area contributed by atoms with Gasteiger partial charge in [-0.05, 0) is 100 Å². The summed E-state index contributed by atoms with van der Waals surface area (Å²) in [5.74, 6) is -0.154. The number of aromatic nitrogens is 1. The van der Waals surface area contributed by atoms with E-state index in [1.807, 2.05) is 33.0 Å². The third kappa shape index (κ3) is 11.2. The molecule has 2 aromatic carbocycles. The molecule has 49 heavy (non-hydrogen) atoms. The van der Waals surface area contributed by atoms with Crippen molar-refractivity contribution in [2.24, 2.45) is 5.92 Å². The molecule has 1 aromatic heterocycles. The van der Waals surface area contributed by atoms with Gasteiger partial charge in [0.25, 0.3) is 5.91 Å². The predicted molar refractivity (Wildman–Crippen MR) is 182 cm³/mol. The van der Waals surface area contributed by atoms with Gasteiger partial charge >= 0.3 is 12.2 Å². The summed E-state index contributed by atoms with van der Waals surface area (Å²) in [5.41, 5.74) is 0.939. The van der Waals surface area contributed by atoms with Crippen molar-refractivity contribution in [2.45, 2.75) is 71.0 Å². The number of carbonyl (C=O) groups excluding carboxylic acids is 2. The van der Waals surface area contributed by atoms with Crippen LogP contribution in [0.25, 0.3) is 0 Å². The number of halogens is 3. The Hall–Kier alpha value is -4.20. The number of pyridine rings is 1. The second kappa shape index (κ2) is 17.5. The molecule has 10 nitrogen and oxygen atoms in total. The normalized spacial score (nSPS) is 20.1. The van der Waals surface area contributed by atoms with Crippen molar-refractivity contribution in [3.63, 3.8) is 0 Å². The molecule has 1 aliphatic heterocycles. The molecule has 0 spiro atoms. The van der Waals surface area contributed by atoms with E-state index in [4.69, 9.17) is 9.47 Å². The van der Waals surface area contributed by atoms with Crippen LogP contribution < -0.4 is 15.4 Å². The number of hydrogen-bond donors (Lipinski definition) is 3. The van der Waals surface area contributed by atoms with E-state index in [-0.39, 0.29) is 54.1 Å². The van der Waals surface area contributed by atoms with Gasteiger partial charge in [0.15, 0.2) is 0 Å². The largest absolute Gasteiger partial charge is 0.490 e. The van der Waals surface area contributed by atoms with Gasteiger partial charge in [-0.1, -0.05) is 6.92 Å². The second-order valence-electron chi connectivity index (χ2n) is 12.7. The number of hydrogen-bond acceptors (Lipinski definition) is 7. The number of nitrogens with zero attached hydrogens (tertiary/aromatic N) is 3. The number of aliphatic hydroxyl groups excluding tert-OH is 1. The molecule has 266 valence electrons. The number of aliphatic hydroxyl groups is 1. The Labute approximate surface area is 285 Å². The highest BCUT2D eigenvalue weighted by atomic mass is 19.4. The van der Waals surface area contributed by atoms with Crippen LogP contribution in [0.4, 0.5) is 29.3 Å². The van der Waals surface area contributed by atoms with Crippen molar-refractivity contribution in [1.82, 2.24) is 14.8 Å². The van der Waals surface area contributed by atoms with Crippen LogP contribution in [0.2, 0.25) is 0 Å². The van der Waals surface area contributed by atoms with Gasteiger partial charge in [0, 0.05) is 55.9 Å². The molecule has 0 fully saturated rings. The molecule has 2 heterocycles. The molecular weight excluding hydrogens is 639 g/mol. The first-order valence-corrected chi connectivity index (χ1v) is 16.5. The number of ether oxygens (including phenoxy) is 2. The van der Waals surface area contributed by atoms with Crippen molar-refractivity contribution in [1.29, 1.82) is 0 Å². The Morgan fingerprint density at radius 1 is 1.06 bits per heavy atom. The lowest BCUT2D eigenvalue weighted by Crippen LogP contribution is -2.47. The lowest BCUT2D eigenvalue weighted by molar-refractivity contribution is -0.137. The first-order valence-electron chi connectivity index (χ1n) is 16.5. The summed E-state index contributed by atoms with van der Waals surface area (Å²) in [6.07, 6.45) is 1.03.